The van der Waals surface area contributed by atoms with Crippen molar-refractivity contribution in [2.24, 2.45) is 0 Å². The minimum atomic E-state index is -6.00. The second-order valence-electron chi connectivity index (χ2n) is 12.0. The minimum Gasteiger partial charge on any atom is -0.493 e. The number of imide groups is 1. The molecular formula is C35H43F6NO5. The number of hydrogen-bond donors (Lipinski definition) is 1. The van der Waals surface area contributed by atoms with Gasteiger partial charge in [-0.05, 0) is 86.9 Å². The molecule has 2 aromatic carbocycles. The molecule has 3 rings (SSSR count). The molecular weight excluding hydrogens is 628 g/mol. The molecule has 1 aliphatic rings. The first kappa shape index (κ1) is 37.9. The number of aryl methyl sites for hydroxylation is 2. The number of carbonyl (C=O) groups excluding carboxylic acids is 2. The highest BCUT2D eigenvalue weighted by Crippen LogP contribution is 2.51. The average Bonchev–Trinajstić information content (AvgIpc) is 2.98. The van der Waals surface area contributed by atoms with Gasteiger partial charge in [0.15, 0.2) is 0 Å². The maximum atomic E-state index is 13.7. The molecule has 2 aromatic rings. The zero-order valence-corrected chi connectivity index (χ0v) is 27.4. The van der Waals surface area contributed by atoms with E-state index in [-0.39, 0.29) is 54.9 Å². The Hall–Kier alpha value is -3.54. The summed E-state index contributed by atoms with van der Waals surface area (Å²) in [5.74, 6) is 0.0314. The Bertz CT molecular complexity index is 1380. The van der Waals surface area contributed by atoms with Gasteiger partial charge in [-0.1, -0.05) is 51.8 Å². The Balaban J connectivity index is 1.78. The van der Waals surface area contributed by atoms with Crippen molar-refractivity contribution in [3.63, 3.8) is 0 Å². The number of benzene rings is 2. The fourth-order valence-electron chi connectivity index (χ4n) is 5.82. The number of ether oxygens (including phenoxy) is 2. The second-order valence-corrected chi connectivity index (χ2v) is 12.0. The van der Waals surface area contributed by atoms with Crippen molar-refractivity contribution in [1.29, 1.82) is 0 Å². The Labute approximate surface area is 271 Å². The van der Waals surface area contributed by atoms with Gasteiger partial charge in [-0.25, -0.2) is 0 Å². The number of rotatable bonds is 15. The van der Waals surface area contributed by atoms with E-state index in [1.54, 1.807) is 32.1 Å². The quantitative estimate of drug-likeness (QED) is 0.118. The van der Waals surface area contributed by atoms with Crippen LogP contribution in [0.3, 0.4) is 0 Å². The topological polar surface area (TPSA) is 76.1 Å². The van der Waals surface area contributed by atoms with Crippen LogP contribution in [0, 0.1) is 0 Å². The summed E-state index contributed by atoms with van der Waals surface area (Å²) in [7, 11) is 0. The maximum Gasteiger partial charge on any atom is 0.430 e. The van der Waals surface area contributed by atoms with Crippen LogP contribution in [-0.2, 0) is 33.4 Å². The first-order valence-corrected chi connectivity index (χ1v) is 15.9. The van der Waals surface area contributed by atoms with Crippen LogP contribution < -0.4 is 9.47 Å². The number of nitrogens with zero attached hydrogens (tertiary/aromatic N) is 1. The Morgan fingerprint density at radius 2 is 1.43 bits per heavy atom. The molecule has 0 spiro atoms. The van der Waals surface area contributed by atoms with Crippen molar-refractivity contribution >= 4 is 11.8 Å². The minimum absolute atomic E-state index is 0.0195. The molecule has 1 N–H and O–H groups in total. The lowest BCUT2D eigenvalue weighted by Crippen LogP contribution is -2.54. The van der Waals surface area contributed by atoms with Crippen LogP contribution in [0.25, 0.3) is 0 Å². The number of carbonyl (C=O) groups is 2. The van der Waals surface area contributed by atoms with Crippen molar-refractivity contribution in [1.82, 2.24) is 4.90 Å². The molecule has 1 heterocycles. The van der Waals surface area contributed by atoms with Gasteiger partial charge in [-0.3, -0.25) is 14.5 Å². The van der Waals surface area contributed by atoms with Crippen molar-refractivity contribution in [2.45, 2.75) is 109 Å². The van der Waals surface area contributed by atoms with E-state index in [0.29, 0.717) is 37.9 Å². The van der Waals surface area contributed by atoms with Gasteiger partial charge in [0, 0.05) is 18.2 Å². The van der Waals surface area contributed by atoms with Gasteiger partial charge in [0.25, 0.3) is 11.5 Å². The highest BCUT2D eigenvalue weighted by molar-refractivity contribution is 6.09. The molecule has 6 nitrogen and oxygen atoms in total. The molecule has 260 valence electrons. The summed E-state index contributed by atoms with van der Waals surface area (Å²) >= 11 is 0. The smallest absolute Gasteiger partial charge is 0.430 e. The SMILES string of the molecule is CCCc1cc(C(O)(C(F)(F)F)C(F)(F)F)cc(CCC)c1OCCCCN1C(=O)C=CC(CC)(c2ccc(OC(C)C)cc2)C1=O. The van der Waals surface area contributed by atoms with E-state index in [0.717, 1.165) is 17.7 Å². The molecule has 2 amide bonds. The molecule has 1 atom stereocenters. The van der Waals surface area contributed by atoms with Crippen LogP contribution >= 0.6 is 0 Å². The summed E-state index contributed by atoms with van der Waals surface area (Å²) in [4.78, 5) is 27.7. The summed E-state index contributed by atoms with van der Waals surface area (Å²) < 4.78 is 93.7. The van der Waals surface area contributed by atoms with Crippen LogP contribution in [0.4, 0.5) is 26.3 Å². The summed E-state index contributed by atoms with van der Waals surface area (Å²) in [6.45, 7) is 9.25. The van der Waals surface area contributed by atoms with Gasteiger partial charge < -0.3 is 14.6 Å². The predicted molar refractivity (Wildman–Crippen MR) is 165 cm³/mol. The highest BCUT2D eigenvalue weighted by Gasteiger charge is 2.71. The number of halogens is 6. The van der Waals surface area contributed by atoms with Crippen LogP contribution in [0.2, 0.25) is 0 Å². The largest absolute Gasteiger partial charge is 0.493 e. The second kappa shape index (κ2) is 15.1. The van der Waals surface area contributed by atoms with Gasteiger partial charge in [0.1, 0.15) is 11.5 Å². The maximum absolute atomic E-state index is 13.7. The zero-order valence-electron chi connectivity index (χ0n) is 27.4. The first-order chi connectivity index (χ1) is 22.0. The summed E-state index contributed by atoms with van der Waals surface area (Å²) in [6, 6.07) is 8.63. The van der Waals surface area contributed by atoms with Crippen LogP contribution in [0.15, 0.2) is 48.6 Å². The lowest BCUT2D eigenvalue weighted by atomic mass is 9.75. The number of aliphatic hydroxyl groups is 1. The number of alkyl halides is 6. The van der Waals surface area contributed by atoms with E-state index >= 15 is 0 Å². The highest BCUT2D eigenvalue weighted by atomic mass is 19.4. The van der Waals surface area contributed by atoms with Crippen molar-refractivity contribution in [3.8, 4) is 11.5 Å². The molecule has 0 fully saturated rings. The number of unbranched alkanes of at least 4 members (excludes halogenated alkanes) is 1. The van der Waals surface area contributed by atoms with Crippen molar-refractivity contribution < 1.29 is 50.5 Å². The van der Waals surface area contributed by atoms with Crippen LogP contribution in [0.1, 0.15) is 89.0 Å². The van der Waals surface area contributed by atoms with Gasteiger partial charge in [0.05, 0.1) is 18.1 Å². The van der Waals surface area contributed by atoms with Crippen molar-refractivity contribution in [3.05, 3.63) is 70.8 Å². The Morgan fingerprint density at radius 1 is 0.872 bits per heavy atom. The van der Waals surface area contributed by atoms with E-state index < -0.39 is 34.8 Å². The Morgan fingerprint density at radius 3 is 1.89 bits per heavy atom. The van der Waals surface area contributed by atoms with E-state index in [4.69, 9.17) is 9.47 Å². The van der Waals surface area contributed by atoms with E-state index in [2.05, 4.69) is 0 Å². The normalized spacial score (nSPS) is 17.5. The van der Waals surface area contributed by atoms with Gasteiger partial charge in [-0.2, -0.15) is 26.3 Å². The van der Waals surface area contributed by atoms with E-state index in [9.17, 15) is 41.0 Å². The van der Waals surface area contributed by atoms with E-state index in [1.165, 1.54) is 11.0 Å². The molecule has 1 aliphatic heterocycles. The third kappa shape index (κ3) is 7.96. The van der Waals surface area contributed by atoms with E-state index in [1.807, 2.05) is 32.9 Å². The van der Waals surface area contributed by atoms with Crippen LogP contribution in [0.5, 0.6) is 11.5 Å². The molecule has 0 radical (unpaired) electrons. The van der Waals surface area contributed by atoms with Gasteiger partial charge >= 0.3 is 12.4 Å². The van der Waals surface area contributed by atoms with Crippen LogP contribution in [-0.4, -0.2) is 53.4 Å². The molecule has 0 aromatic heterocycles. The molecule has 0 saturated heterocycles. The third-order valence-corrected chi connectivity index (χ3v) is 8.24. The lowest BCUT2D eigenvalue weighted by molar-refractivity contribution is -0.376. The zero-order chi connectivity index (χ0) is 35.2. The molecule has 1 unspecified atom stereocenters. The monoisotopic (exact) mass is 671 g/mol. The fraction of sp³-hybridized carbons (Fsp3) is 0.543. The lowest BCUT2D eigenvalue weighted by Gasteiger charge is -2.37. The molecule has 0 bridgehead atoms. The molecule has 0 aliphatic carbocycles. The average molecular weight is 672 g/mol. The third-order valence-electron chi connectivity index (χ3n) is 8.24. The predicted octanol–water partition coefficient (Wildman–Crippen LogP) is 8.12. The number of amides is 2. The van der Waals surface area contributed by atoms with Gasteiger partial charge in [-0.15, -0.1) is 0 Å². The molecule has 0 saturated carbocycles. The summed E-state index contributed by atoms with van der Waals surface area (Å²) in [5, 5.41) is 10.1. The Kier molecular flexibility index (Phi) is 12.2. The van der Waals surface area contributed by atoms with Gasteiger partial charge in [0.2, 0.25) is 5.91 Å². The summed E-state index contributed by atoms with van der Waals surface area (Å²) in [5.41, 5.74) is -6.40. The standard InChI is InChI=1S/C35H43F6NO5/c1-6-11-24-21-27(33(45,34(36,37)38)35(39,40)41)22-25(12-7-2)30(24)46-20-10-9-19-42-29(43)17-18-32(8-3,31(42)44)26-13-15-28(16-14-26)47-23(4)5/h13-18,21-23,45H,6-12,19-20H2,1-5H3. The molecule has 47 heavy (non-hydrogen) atoms. The number of hydrogen-bond acceptors (Lipinski definition) is 5. The first-order valence-electron chi connectivity index (χ1n) is 15.9. The summed E-state index contributed by atoms with van der Waals surface area (Å²) in [6.07, 6.45) is -6.85. The molecule has 12 heteroatoms. The fourth-order valence-corrected chi connectivity index (χ4v) is 5.82. The van der Waals surface area contributed by atoms with Crippen molar-refractivity contribution in [2.75, 3.05) is 13.2 Å².